The summed E-state index contributed by atoms with van der Waals surface area (Å²) in [5, 5.41) is 0. The number of hydrogen-bond acceptors (Lipinski definition) is 0. The van der Waals surface area contributed by atoms with E-state index in [4.69, 9.17) is 0 Å². The average molecular weight is 176 g/mol. The van der Waals surface area contributed by atoms with E-state index >= 15 is 0 Å². The molecule has 0 amide bonds. The second-order valence-electron chi connectivity index (χ2n) is 5.11. The van der Waals surface area contributed by atoms with Crippen LogP contribution in [0.25, 0.3) is 0 Å². The molecule has 0 heteroatoms. The smallest absolute Gasteiger partial charge is 0.0126 e. The van der Waals surface area contributed by atoms with Crippen molar-refractivity contribution in [2.75, 3.05) is 0 Å². The Hall–Kier alpha value is -0.780. The monoisotopic (exact) mass is 176 g/mol. The zero-order valence-corrected chi connectivity index (χ0v) is 9.65. The van der Waals surface area contributed by atoms with Gasteiger partial charge in [-0.05, 0) is 37.3 Å². The lowest BCUT2D eigenvalue weighted by atomic mass is 9.82. The first kappa shape index (κ1) is 10.3. The molecular weight excluding hydrogens is 156 g/mol. The lowest BCUT2D eigenvalue weighted by molar-refractivity contribution is 0.513. The van der Waals surface area contributed by atoms with Gasteiger partial charge in [0, 0.05) is 0 Å². The Morgan fingerprint density at radius 1 is 1.08 bits per heavy atom. The van der Waals surface area contributed by atoms with Gasteiger partial charge in [0.2, 0.25) is 0 Å². The number of allylic oxidation sites excluding steroid dienone is 6. The summed E-state index contributed by atoms with van der Waals surface area (Å²) in [6.07, 6.45) is 4.60. The van der Waals surface area contributed by atoms with Crippen LogP contribution in [0.2, 0.25) is 0 Å². The standard InChI is InChI=1S/C13H20/c1-9(2)11-7-10(3)8-12(11)13(4,5)6/h7-8H,1-6H3. The lowest BCUT2D eigenvalue weighted by Crippen LogP contribution is -2.09. The largest absolute Gasteiger partial charge is 0.0689 e. The van der Waals surface area contributed by atoms with E-state index in [2.05, 4.69) is 53.7 Å². The lowest BCUT2D eigenvalue weighted by Gasteiger charge is -2.22. The maximum atomic E-state index is 2.31. The fourth-order valence-corrected chi connectivity index (χ4v) is 1.69. The van der Waals surface area contributed by atoms with Gasteiger partial charge in [-0.1, -0.05) is 44.1 Å². The molecule has 0 saturated heterocycles. The summed E-state index contributed by atoms with van der Waals surface area (Å²) in [6, 6.07) is 0. The van der Waals surface area contributed by atoms with Crippen LogP contribution in [0.3, 0.4) is 0 Å². The molecule has 0 bridgehead atoms. The maximum Gasteiger partial charge on any atom is -0.0126 e. The Bertz CT molecular complexity index is 299. The van der Waals surface area contributed by atoms with Gasteiger partial charge in [0.1, 0.15) is 0 Å². The van der Waals surface area contributed by atoms with Gasteiger partial charge in [0.25, 0.3) is 0 Å². The summed E-state index contributed by atoms with van der Waals surface area (Å²) in [5.41, 5.74) is 5.97. The van der Waals surface area contributed by atoms with Crippen molar-refractivity contribution >= 4 is 0 Å². The zero-order chi connectivity index (χ0) is 10.2. The van der Waals surface area contributed by atoms with Crippen molar-refractivity contribution in [1.29, 1.82) is 0 Å². The van der Waals surface area contributed by atoms with Crippen LogP contribution in [0, 0.1) is 5.41 Å². The Morgan fingerprint density at radius 2 is 1.62 bits per heavy atom. The summed E-state index contributed by atoms with van der Waals surface area (Å²) < 4.78 is 0. The molecular formula is C13H20. The fraction of sp³-hybridized carbons (Fsp3) is 0.538. The summed E-state index contributed by atoms with van der Waals surface area (Å²) in [4.78, 5) is 0. The van der Waals surface area contributed by atoms with Gasteiger partial charge in [-0.25, -0.2) is 0 Å². The molecule has 0 aromatic heterocycles. The van der Waals surface area contributed by atoms with Crippen LogP contribution in [0.1, 0.15) is 41.5 Å². The van der Waals surface area contributed by atoms with Crippen LogP contribution in [0.4, 0.5) is 0 Å². The van der Waals surface area contributed by atoms with Crippen LogP contribution in [0.5, 0.6) is 0 Å². The predicted molar refractivity (Wildman–Crippen MR) is 59.7 cm³/mol. The van der Waals surface area contributed by atoms with Crippen LogP contribution >= 0.6 is 0 Å². The van der Waals surface area contributed by atoms with E-state index in [1.807, 2.05) is 0 Å². The van der Waals surface area contributed by atoms with E-state index in [9.17, 15) is 0 Å². The van der Waals surface area contributed by atoms with Crippen LogP contribution in [-0.4, -0.2) is 0 Å². The SMILES string of the molecule is CC1=CC(=C(C)C)C(C(C)(C)C)=C1. The van der Waals surface area contributed by atoms with Gasteiger partial charge in [-0.15, -0.1) is 0 Å². The van der Waals surface area contributed by atoms with Gasteiger partial charge < -0.3 is 0 Å². The Morgan fingerprint density at radius 3 is 1.92 bits per heavy atom. The van der Waals surface area contributed by atoms with Crippen molar-refractivity contribution < 1.29 is 0 Å². The quantitative estimate of drug-likeness (QED) is 0.517. The molecule has 0 atom stereocenters. The second kappa shape index (κ2) is 3.17. The minimum Gasteiger partial charge on any atom is -0.0689 e. The highest BCUT2D eigenvalue weighted by Gasteiger charge is 2.23. The first-order valence-electron chi connectivity index (χ1n) is 4.90. The van der Waals surface area contributed by atoms with Gasteiger partial charge in [0.15, 0.2) is 0 Å². The first-order valence-corrected chi connectivity index (χ1v) is 4.90. The minimum absolute atomic E-state index is 0.265. The highest BCUT2D eigenvalue weighted by Crippen LogP contribution is 2.38. The average Bonchev–Trinajstić information content (AvgIpc) is 2.29. The Kier molecular flexibility index (Phi) is 2.51. The highest BCUT2D eigenvalue weighted by atomic mass is 14.3. The van der Waals surface area contributed by atoms with Crippen LogP contribution < -0.4 is 0 Å². The topological polar surface area (TPSA) is 0 Å². The van der Waals surface area contributed by atoms with Gasteiger partial charge in [-0.3, -0.25) is 0 Å². The molecule has 1 aliphatic rings. The normalized spacial score (nSPS) is 17.2. The van der Waals surface area contributed by atoms with E-state index in [0.29, 0.717) is 0 Å². The van der Waals surface area contributed by atoms with Crippen molar-refractivity contribution in [3.8, 4) is 0 Å². The molecule has 0 aromatic carbocycles. The van der Waals surface area contributed by atoms with Gasteiger partial charge in [-0.2, -0.15) is 0 Å². The number of hydrogen-bond donors (Lipinski definition) is 0. The summed E-state index contributed by atoms with van der Waals surface area (Å²) in [5.74, 6) is 0. The molecule has 13 heavy (non-hydrogen) atoms. The van der Waals surface area contributed by atoms with Crippen molar-refractivity contribution in [3.05, 3.63) is 34.4 Å². The third-order valence-corrected chi connectivity index (χ3v) is 2.38. The molecule has 1 aliphatic carbocycles. The molecule has 0 unspecified atom stereocenters. The van der Waals surface area contributed by atoms with Crippen LogP contribution in [-0.2, 0) is 0 Å². The van der Waals surface area contributed by atoms with E-state index in [1.165, 1.54) is 22.3 Å². The third kappa shape index (κ3) is 2.12. The first-order chi connectivity index (χ1) is 5.82. The molecule has 0 aliphatic heterocycles. The Balaban J connectivity index is 3.17. The van der Waals surface area contributed by atoms with E-state index in [1.54, 1.807) is 0 Å². The summed E-state index contributed by atoms with van der Waals surface area (Å²) in [6.45, 7) is 13.4. The molecule has 0 aromatic rings. The number of rotatable bonds is 0. The highest BCUT2D eigenvalue weighted by molar-refractivity contribution is 5.55. The molecule has 72 valence electrons. The van der Waals surface area contributed by atoms with Crippen molar-refractivity contribution in [1.82, 2.24) is 0 Å². The molecule has 0 heterocycles. The molecule has 0 N–H and O–H groups in total. The van der Waals surface area contributed by atoms with Crippen molar-refractivity contribution in [2.45, 2.75) is 41.5 Å². The summed E-state index contributed by atoms with van der Waals surface area (Å²) >= 11 is 0. The summed E-state index contributed by atoms with van der Waals surface area (Å²) in [7, 11) is 0. The molecule has 0 fully saturated rings. The molecule has 0 nitrogen and oxygen atoms in total. The van der Waals surface area contributed by atoms with Crippen molar-refractivity contribution in [2.24, 2.45) is 5.41 Å². The zero-order valence-electron chi connectivity index (χ0n) is 9.65. The Labute approximate surface area is 82.0 Å². The van der Waals surface area contributed by atoms with Crippen molar-refractivity contribution in [3.63, 3.8) is 0 Å². The fourth-order valence-electron chi connectivity index (χ4n) is 1.69. The molecule has 0 spiro atoms. The minimum atomic E-state index is 0.265. The molecule has 0 radical (unpaired) electrons. The van der Waals surface area contributed by atoms with E-state index < -0.39 is 0 Å². The van der Waals surface area contributed by atoms with Gasteiger partial charge >= 0.3 is 0 Å². The van der Waals surface area contributed by atoms with E-state index in [-0.39, 0.29) is 5.41 Å². The van der Waals surface area contributed by atoms with Crippen LogP contribution in [0.15, 0.2) is 34.4 Å². The maximum absolute atomic E-state index is 2.31. The third-order valence-electron chi connectivity index (χ3n) is 2.38. The molecule has 0 saturated carbocycles. The van der Waals surface area contributed by atoms with E-state index in [0.717, 1.165) is 0 Å². The van der Waals surface area contributed by atoms with Gasteiger partial charge in [0.05, 0.1) is 0 Å². The second-order valence-corrected chi connectivity index (χ2v) is 5.11. The predicted octanol–water partition coefficient (Wildman–Crippen LogP) is 4.26. The molecule has 1 rings (SSSR count).